The number of hydrogen-bond donors (Lipinski definition) is 1. The number of carbonyl (C=O) groups excluding carboxylic acids is 1. The van der Waals surface area contributed by atoms with Crippen molar-refractivity contribution in [3.8, 4) is 5.75 Å². The second-order valence-corrected chi connectivity index (χ2v) is 5.80. The zero-order valence-electron chi connectivity index (χ0n) is 11.7. The quantitative estimate of drug-likeness (QED) is 0.600. The Labute approximate surface area is 127 Å². The molecule has 4 nitrogen and oxygen atoms in total. The van der Waals surface area contributed by atoms with E-state index in [0.717, 1.165) is 4.47 Å². The van der Waals surface area contributed by atoms with Crippen LogP contribution in [0.25, 0.3) is 0 Å². The van der Waals surface area contributed by atoms with Gasteiger partial charge in [0.05, 0.1) is 12.8 Å². The molecule has 0 aliphatic heterocycles. The highest BCUT2D eigenvalue weighted by Gasteiger charge is 2.32. The van der Waals surface area contributed by atoms with Gasteiger partial charge in [-0.3, -0.25) is 9.59 Å². The lowest BCUT2D eigenvalue weighted by Crippen LogP contribution is -2.28. The summed E-state index contributed by atoms with van der Waals surface area (Å²) in [5.74, 6) is -0.808. The van der Waals surface area contributed by atoms with Crippen molar-refractivity contribution < 1.29 is 19.4 Å². The van der Waals surface area contributed by atoms with Gasteiger partial charge in [-0.05, 0) is 42.5 Å². The monoisotopic (exact) mass is 342 g/mol. The van der Waals surface area contributed by atoms with Gasteiger partial charge in [-0.1, -0.05) is 29.8 Å². The van der Waals surface area contributed by atoms with Gasteiger partial charge in [-0.25, -0.2) is 0 Å². The smallest absolute Gasteiger partial charge is 0.311 e. The first kappa shape index (κ1) is 16.7. The van der Waals surface area contributed by atoms with Crippen molar-refractivity contribution in [2.24, 2.45) is 5.41 Å². The minimum absolute atomic E-state index is 0.0184. The fourth-order valence-electron chi connectivity index (χ4n) is 2.11. The molecule has 0 atom stereocenters. The molecule has 0 saturated heterocycles. The van der Waals surface area contributed by atoms with Crippen molar-refractivity contribution in [3.05, 3.63) is 28.7 Å². The first-order chi connectivity index (χ1) is 9.40. The summed E-state index contributed by atoms with van der Waals surface area (Å²) in [5.41, 5.74) is -0.529. The normalized spacial score (nSPS) is 11.2. The third-order valence-electron chi connectivity index (χ3n) is 3.59. The summed E-state index contributed by atoms with van der Waals surface area (Å²) in [6, 6.07) is 6.96. The standard InChI is InChI=1S/C15H19BrO4/c1-3-15(4-2,9-13(17)18)10-14(19)20-12-7-5-11(16)6-8-12/h5-8H,3-4,9-10H2,1-2H3,(H,17,18). The Morgan fingerprint density at radius 2 is 1.70 bits per heavy atom. The number of rotatable bonds is 7. The Morgan fingerprint density at radius 1 is 1.15 bits per heavy atom. The molecule has 1 aromatic rings. The summed E-state index contributed by atoms with van der Waals surface area (Å²) >= 11 is 3.30. The number of carbonyl (C=O) groups is 2. The van der Waals surface area contributed by atoms with E-state index in [1.54, 1.807) is 24.3 Å². The molecule has 0 fully saturated rings. The molecule has 0 heterocycles. The Hall–Kier alpha value is -1.36. The van der Waals surface area contributed by atoms with Crippen molar-refractivity contribution in [1.82, 2.24) is 0 Å². The average molecular weight is 343 g/mol. The highest BCUT2D eigenvalue weighted by atomic mass is 79.9. The zero-order valence-corrected chi connectivity index (χ0v) is 13.3. The van der Waals surface area contributed by atoms with Crippen LogP contribution in [0.3, 0.4) is 0 Å². The van der Waals surface area contributed by atoms with E-state index in [0.29, 0.717) is 18.6 Å². The van der Waals surface area contributed by atoms with Crippen LogP contribution < -0.4 is 4.74 Å². The number of aliphatic carboxylic acids is 1. The molecule has 0 aliphatic rings. The molecule has 1 aromatic carbocycles. The van der Waals surface area contributed by atoms with Gasteiger partial charge >= 0.3 is 11.9 Å². The van der Waals surface area contributed by atoms with Crippen molar-refractivity contribution in [2.75, 3.05) is 0 Å². The predicted molar refractivity (Wildman–Crippen MR) is 79.7 cm³/mol. The topological polar surface area (TPSA) is 63.6 Å². The van der Waals surface area contributed by atoms with Gasteiger partial charge in [0.1, 0.15) is 5.75 Å². The largest absolute Gasteiger partial charge is 0.481 e. The van der Waals surface area contributed by atoms with E-state index < -0.39 is 17.4 Å². The summed E-state index contributed by atoms with van der Waals surface area (Å²) in [7, 11) is 0. The van der Waals surface area contributed by atoms with Gasteiger partial charge in [0.15, 0.2) is 0 Å². The summed E-state index contributed by atoms with van der Waals surface area (Å²) in [6.45, 7) is 3.80. The Bertz CT molecular complexity index is 463. The Balaban J connectivity index is 2.71. The molecule has 0 aromatic heterocycles. The molecular formula is C15H19BrO4. The number of halogens is 1. The summed E-state index contributed by atoms with van der Waals surface area (Å²) < 4.78 is 6.16. The summed E-state index contributed by atoms with van der Waals surface area (Å²) in [4.78, 5) is 22.9. The molecule has 0 spiro atoms. The molecule has 0 unspecified atom stereocenters. The molecule has 1 rings (SSSR count). The minimum atomic E-state index is -0.884. The molecule has 0 aliphatic carbocycles. The molecule has 20 heavy (non-hydrogen) atoms. The van der Waals surface area contributed by atoms with E-state index in [1.807, 2.05) is 13.8 Å². The first-order valence-electron chi connectivity index (χ1n) is 6.59. The summed E-state index contributed by atoms with van der Waals surface area (Å²) in [5, 5.41) is 8.99. The van der Waals surface area contributed by atoms with Crippen LogP contribution in [0.1, 0.15) is 39.5 Å². The van der Waals surface area contributed by atoms with E-state index in [-0.39, 0.29) is 12.8 Å². The van der Waals surface area contributed by atoms with Gasteiger partial charge in [-0.2, -0.15) is 0 Å². The van der Waals surface area contributed by atoms with E-state index in [9.17, 15) is 9.59 Å². The molecular weight excluding hydrogens is 324 g/mol. The van der Waals surface area contributed by atoms with Crippen molar-refractivity contribution in [2.45, 2.75) is 39.5 Å². The second-order valence-electron chi connectivity index (χ2n) is 4.88. The fraction of sp³-hybridized carbons (Fsp3) is 0.467. The molecule has 0 amide bonds. The van der Waals surface area contributed by atoms with Crippen LogP contribution in [0, 0.1) is 5.41 Å². The number of ether oxygens (including phenoxy) is 1. The first-order valence-corrected chi connectivity index (χ1v) is 7.38. The van der Waals surface area contributed by atoms with Gasteiger partial charge in [0, 0.05) is 4.47 Å². The van der Waals surface area contributed by atoms with E-state index in [4.69, 9.17) is 9.84 Å². The van der Waals surface area contributed by atoms with Crippen LogP contribution >= 0.6 is 15.9 Å². The van der Waals surface area contributed by atoms with Gasteiger partial charge < -0.3 is 9.84 Å². The third kappa shape index (κ3) is 4.96. The fourth-order valence-corrected chi connectivity index (χ4v) is 2.37. The maximum absolute atomic E-state index is 12.0. The second kappa shape index (κ2) is 7.43. The lowest BCUT2D eigenvalue weighted by Gasteiger charge is -2.28. The maximum Gasteiger partial charge on any atom is 0.311 e. The lowest BCUT2D eigenvalue weighted by atomic mass is 9.76. The predicted octanol–water partition coefficient (Wildman–Crippen LogP) is 4.03. The Kier molecular flexibility index (Phi) is 6.20. The SMILES string of the molecule is CCC(CC)(CC(=O)O)CC(=O)Oc1ccc(Br)cc1. The highest BCUT2D eigenvalue weighted by Crippen LogP contribution is 2.35. The van der Waals surface area contributed by atoms with Crippen LogP contribution in [0.4, 0.5) is 0 Å². The highest BCUT2D eigenvalue weighted by molar-refractivity contribution is 9.10. The number of carboxylic acids is 1. The number of carboxylic acid groups (broad SMARTS) is 1. The maximum atomic E-state index is 12.0. The number of esters is 1. The van der Waals surface area contributed by atoms with Gasteiger partial charge in [-0.15, -0.1) is 0 Å². The van der Waals surface area contributed by atoms with Crippen molar-refractivity contribution >= 4 is 27.9 Å². The zero-order chi connectivity index (χ0) is 15.2. The molecule has 1 N–H and O–H groups in total. The van der Waals surface area contributed by atoms with E-state index in [1.165, 1.54) is 0 Å². The summed E-state index contributed by atoms with van der Waals surface area (Å²) in [6.07, 6.45) is 1.36. The van der Waals surface area contributed by atoms with Crippen LogP contribution in [0.2, 0.25) is 0 Å². The van der Waals surface area contributed by atoms with Crippen LogP contribution in [0.5, 0.6) is 5.75 Å². The van der Waals surface area contributed by atoms with E-state index in [2.05, 4.69) is 15.9 Å². The average Bonchev–Trinajstić information content (AvgIpc) is 2.40. The number of hydrogen-bond acceptors (Lipinski definition) is 3. The Morgan fingerprint density at radius 3 is 2.15 bits per heavy atom. The molecule has 110 valence electrons. The van der Waals surface area contributed by atoms with Crippen LogP contribution in [-0.2, 0) is 9.59 Å². The van der Waals surface area contributed by atoms with E-state index >= 15 is 0 Å². The van der Waals surface area contributed by atoms with Gasteiger partial charge in [0.25, 0.3) is 0 Å². The van der Waals surface area contributed by atoms with Crippen LogP contribution in [-0.4, -0.2) is 17.0 Å². The molecule has 0 bridgehead atoms. The third-order valence-corrected chi connectivity index (χ3v) is 4.12. The van der Waals surface area contributed by atoms with Crippen LogP contribution in [0.15, 0.2) is 28.7 Å². The van der Waals surface area contributed by atoms with Gasteiger partial charge in [0.2, 0.25) is 0 Å². The lowest BCUT2D eigenvalue weighted by molar-refractivity contribution is -0.142. The minimum Gasteiger partial charge on any atom is -0.481 e. The molecule has 0 saturated carbocycles. The molecule has 0 radical (unpaired) electrons. The number of benzene rings is 1. The van der Waals surface area contributed by atoms with Crippen molar-refractivity contribution in [1.29, 1.82) is 0 Å². The van der Waals surface area contributed by atoms with Crippen molar-refractivity contribution in [3.63, 3.8) is 0 Å². The molecule has 5 heteroatoms.